The Bertz CT molecular complexity index is 473. The molecule has 0 heterocycles. The third-order valence-corrected chi connectivity index (χ3v) is 4.25. The van der Waals surface area contributed by atoms with E-state index in [9.17, 15) is 14.7 Å². The maximum Gasteiger partial charge on any atom is 0.337 e. The standard InChI is InChI=1S/C12H12Br2O4/c1-6(15)10(14)9-4-7(5-13)2-3-8(9)11(16)12(17)18/h2-4,10-11,16H,5H2,1H3,(H,17,18). The molecule has 2 N–H and O–H groups in total. The van der Waals surface area contributed by atoms with Crippen molar-refractivity contribution in [2.45, 2.75) is 23.2 Å². The minimum absolute atomic E-state index is 0.152. The van der Waals surface area contributed by atoms with Crippen molar-refractivity contribution in [1.82, 2.24) is 0 Å². The van der Waals surface area contributed by atoms with Crippen molar-refractivity contribution in [1.29, 1.82) is 0 Å². The molecule has 0 saturated carbocycles. The van der Waals surface area contributed by atoms with E-state index < -0.39 is 16.9 Å². The molecule has 1 aromatic rings. The monoisotopic (exact) mass is 378 g/mol. The zero-order chi connectivity index (χ0) is 13.9. The summed E-state index contributed by atoms with van der Waals surface area (Å²) < 4.78 is 0. The quantitative estimate of drug-likeness (QED) is 0.771. The normalized spacial score (nSPS) is 14.0. The highest BCUT2D eigenvalue weighted by Crippen LogP contribution is 2.32. The predicted molar refractivity (Wildman–Crippen MR) is 74.0 cm³/mol. The van der Waals surface area contributed by atoms with Gasteiger partial charge in [-0.2, -0.15) is 0 Å². The van der Waals surface area contributed by atoms with E-state index in [-0.39, 0.29) is 11.3 Å². The first-order valence-electron chi connectivity index (χ1n) is 5.12. The second-order valence-electron chi connectivity index (χ2n) is 3.81. The molecule has 0 aliphatic heterocycles. The summed E-state index contributed by atoms with van der Waals surface area (Å²) in [5.41, 5.74) is 1.61. The van der Waals surface area contributed by atoms with E-state index in [1.807, 2.05) is 0 Å². The molecule has 2 atom stereocenters. The molecular formula is C12H12Br2O4. The first-order valence-corrected chi connectivity index (χ1v) is 7.16. The lowest BCUT2D eigenvalue weighted by atomic mass is 9.96. The summed E-state index contributed by atoms with van der Waals surface area (Å²) in [6.07, 6.45) is -1.64. The van der Waals surface area contributed by atoms with Gasteiger partial charge in [0, 0.05) is 5.33 Å². The van der Waals surface area contributed by atoms with Crippen LogP contribution < -0.4 is 0 Å². The number of rotatable bonds is 5. The van der Waals surface area contributed by atoms with Crippen LogP contribution in [0.5, 0.6) is 0 Å². The average Bonchev–Trinajstić information content (AvgIpc) is 2.35. The molecule has 0 aromatic heterocycles. The average molecular weight is 380 g/mol. The van der Waals surface area contributed by atoms with E-state index in [0.717, 1.165) is 5.56 Å². The summed E-state index contributed by atoms with van der Waals surface area (Å²) in [6.45, 7) is 1.40. The van der Waals surface area contributed by atoms with E-state index in [1.54, 1.807) is 12.1 Å². The third kappa shape index (κ3) is 3.40. The number of carboxylic acids is 1. The van der Waals surface area contributed by atoms with E-state index >= 15 is 0 Å². The molecule has 0 aliphatic carbocycles. The molecule has 6 heteroatoms. The minimum Gasteiger partial charge on any atom is -0.479 e. The van der Waals surface area contributed by atoms with Crippen molar-refractivity contribution in [2.24, 2.45) is 0 Å². The van der Waals surface area contributed by atoms with Crippen LogP contribution in [-0.4, -0.2) is 22.0 Å². The Morgan fingerprint density at radius 1 is 1.33 bits per heavy atom. The Labute approximate surface area is 121 Å². The fourth-order valence-electron chi connectivity index (χ4n) is 1.53. The van der Waals surface area contributed by atoms with Crippen molar-refractivity contribution in [3.05, 3.63) is 34.9 Å². The van der Waals surface area contributed by atoms with Gasteiger partial charge in [-0.05, 0) is 23.6 Å². The highest BCUT2D eigenvalue weighted by Gasteiger charge is 2.24. The lowest BCUT2D eigenvalue weighted by Gasteiger charge is -2.16. The van der Waals surface area contributed by atoms with Gasteiger partial charge in [-0.1, -0.05) is 50.1 Å². The van der Waals surface area contributed by atoms with Gasteiger partial charge < -0.3 is 10.2 Å². The topological polar surface area (TPSA) is 74.6 Å². The molecule has 0 radical (unpaired) electrons. The summed E-state index contributed by atoms with van der Waals surface area (Å²) in [5.74, 6) is -1.49. The van der Waals surface area contributed by atoms with Crippen LogP contribution in [-0.2, 0) is 14.9 Å². The van der Waals surface area contributed by atoms with Gasteiger partial charge in [0.1, 0.15) is 5.78 Å². The molecule has 0 saturated heterocycles. The largest absolute Gasteiger partial charge is 0.479 e. The second kappa shape index (κ2) is 6.45. The lowest BCUT2D eigenvalue weighted by Crippen LogP contribution is -2.15. The van der Waals surface area contributed by atoms with Gasteiger partial charge in [0.25, 0.3) is 0 Å². The van der Waals surface area contributed by atoms with E-state index in [1.165, 1.54) is 13.0 Å². The number of aliphatic carboxylic acids is 1. The molecule has 2 unspecified atom stereocenters. The molecule has 0 spiro atoms. The van der Waals surface area contributed by atoms with Crippen molar-refractivity contribution in [3.63, 3.8) is 0 Å². The zero-order valence-electron chi connectivity index (χ0n) is 9.56. The van der Waals surface area contributed by atoms with Crippen LogP contribution in [0.2, 0.25) is 0 Å². The number of aliphatic hydroxyl groups is 1. The van der Waals surface area contributed by atoms with Crippen LogP contribution in [0.25, 0.3) is 0 Å². The van der Waals surface area contributed by atoms with Gasteiger partial charge in [0.05, 0.1) is 4.83 Å². The molecule has 1 aromatic carbocycles. The molecule has 0 bridgehead atoms. The van der Waals surface area contributed by atoms with E-state index in [0.29, 0.717) is 10.9 Å². The second-order valence-corrected chi connectivity index (χ2v) is 5.29. The van der Waals surface area contributed by atoms with Gasteiger partial charge in [0.15, 0.2) is 6.10 Å². The molecular weight excluding hydrogens is 368 g/mol. The van der Waals surface area contributed by atoms with E-state index in [4.69, 9.17) is 5.11 Å². The Hall–Kier alpha value is -0.720. The van der Waals surface area contributed by atoms with Crippen molar-refractivity contribution in [3.8, 4) is 0 Å². The number of carbonyl (C=O) groups excluding carboxylic acids is 1. The number of carbonyl (C=O) groups is 2. The molecule has 1 rings (SSSR count). The highest BCUT2D eigenvalue weighted by atomic mass is 79.9. The summed E-state index contributed by atoms with van der Waals surface area (Å²) in [6, 6.07) is 4.94. The van der Waals surface area contributed by atoms with Crippen molar-refractivity contribution < 1.29 is 19.8 Å². The number of ketones is 1. The Morgan fingerprint density at radius 2 is 1.94 bits per heavy atom. The number of hydrogen-bond acceptors (Lipinski definition) is 3. The number of alkyl halides is 2. The van der Waals surface area contributed by atoms with Crippen LogP contribution in [0, 0.1) is 0 Å². The number of halogens is 2. The minimum atomic E-state index is -1.64. The smallest absolute Gasteiger partial charge is 0.337 e. The van der Waals surface area contributed by atoms with Gasteiger partial charge in [0.2, 0.25) is 0 Å². The number of benzene rings is 1. The molecule has 0 aliphatic rings. The van der Waals surface area contributed by atoms with Crippen LogP contribution in [0.4, 0.5) is 0 Å². The summed E-state index contributed by atoms with van der Waals surface area (Å²) in [7, 11) is 0. The Balaban J connectivity index is 3.33. The van der Waals surface area contributed by atoms with Gasteiger partial charge in [-0.15, -0.1) is 0 Å². The molecule has 0 fully saturated rings. The molecule has 18 heavy (non-hydrogen) atoms. The fourth-order valence-corrected chi connectivity index (χ4v) is 2.27. The fraction of sp³-hybridized carbons (Fsp3) is 0.333. The lowest BCUT2D eigenvalue weighted by molar-refractivity contribution is -0.147. The predicted octanol–water partition coefficient (Wildman–Crippen LogP) is 2.72. The third-order valence-electron chi connectivity index (χ3n) is 2.46. The van der Waals surface area contributed by atoms with Crippen LogP contribution in [0.1, 0.15) is 34.5 Å². The van der Waals surface area contributed by atoms with Crippen molar-refractivity contribution >= 4 is 43.6 Å². The number of carboxylic acid groups (broad SMARTS) is 1. The summed E-state index contributed by atoms with van der Waals surface area (Å²) >= 11 is 6.50. The maximum absolute atomic E-state index is 11.4. The SMILES string of the molecule is CC(=O)C(Br)c1cc(CBr)ccc1C(O)C(=O)O. The summed E-state index contributed by atoms with van der Waals surface area (Å²) in [5, 5.41) is 19.1. The van der Waals surface area contributed by atoms with Gasteiger partial charge >= 0.3 is 5.97 Å². The number of aliphatic hydroxyl groups excluding tert-OH is 1. The van der Waals surface area contributed by atoms with Gasteiger partial charge in [-0.25, -0.2) is 4.79 Å². The first kappa shape index (κ1) is 15.3. The van der Waals surface area contributed by atoms with Crippen molar-refractivity contribution in [2.75, 3.05) is 0 Å². The molecule has 0 amide bonds. The summed E-state index contributed by atoms with van der Waals surface area (Å²) in [4.78, 5) is 21.6. The maximum atomic E-state index is 11.4. The van der Waals surface area contributed by atoms with Crippen LogP contribution in [0.15, 0.2) is 18.2 Å². The number of Topliss-reactive ketones (excluding diaryl/α,β-unsaturated/α-hetero) is 1. The molecule has 4 nitrogen and oxygen atoms in total. The zero-order valence-corrected chi connectivity index (χ0v) is 12.7. The van der Waals surface area contributed by atoms with Crippen LogP contribution in [0.3, 0.4) is 0 Å². The number of hydrogen-bond donors (Lipinski definition) is 2. The Kier molecular flexibility index (Phi) is 5.49. The van der Waals surface area contributed by atoms with Crippen LogP contribution >= 0.6 is 31.9 Å². The first-order chi connectivity index (χ1) is 8.38. The molecule has 98 valence electrons. The van der Waals surface area contributed by atoms with E-state index in [2.05, 4.69) is 31.9 Å². The Morgan fingerprint density at radius 3 is 2.39 bits per heavy atom. The van der Waals surface area contributed by atoms with Gasteiger partial charge in [-0.3, -0.25) is 4.79 Å². The highest BCUT2D eigenvalue weighted by molar-refractivity contribution is 9.09.